The molecule has 0 saturated heterocycles. The standard InChI is InChI=1S/C11H18F2O2/c1-4-9(2,3)8(14)11(12,13)10(15)6-5-7-10/h15H,4-7H2,1-3H3. The highest BCUT2D eigenvalue weighted by molar-refractivity contribution is 5.91. The van der Waals surface area contributed by atoms with E-state index in [2.05, 4.69) is 0 Å². The molecule has 0 unspecified atom stereocenters. The molecule has 0 aliphatic heterocycles. The Kier molecular flexibility index (Phi) is 2.94. The Morgan fingerprint density at radius 1 is 1.40 bits per heavy atom. The summed E-state index contributed by atoms with van der Waals surface area (Å²) in [4.78, 5) is 11.6. The van der Waals surface area contributed by atoms with Crippen LogP contribution in [0.15, 0.2) is 0 Å². The second kappa shape index (κ2) is 3.51. The van der Waals surface area contributed by atoms with E-state index >= 15 is 0 Å². The Hall–Kier alpha value is -0.510. The van der Waals surface area contributed by atoms with Gasteiger partial charge in [0.05, 0.1) is 0 Å². The van der Waals surface area contributed by atoms with Gasteiger partial charge in [-0.15, -0.1) is 0 Å². The van der Waals surface area contributed by atoms with E-state index in [0.717, 1.165) is 0 Å². The fourth-order valence-electron chi connectivity index (χ4n) is 1.62. The third kappa shape index (κ3) is 1.80. The van der Waals surface area contributed by atoms with Crippen LogP contribution in [0.1, 0.15) is 46.5 Å². The van der Waals surface area contributed by atoms with Gasteiger partial charge < -0.3 is 5.11 Å². The van der Waals surface area contributed by atoms with Crippen molar-refractivity contribution < 1.29 is 18.7 Å². The minimum Gasteiger partial charge on any atom is -0.383 e. The average Bonchev–Trinajstić information content (AvgIpc) is 2.12. The number of carbonyl (C=O) groups excluding carboxylic acids is 1. The first-order chi connectivity index (χ1) is 6.67. The maximum atomic E-state index is 13.7. The van der Waals surface area contributed by atoms with Crippen molar-refractivity contribution in [2.75, 3.05) is 0 Å². The number of aliphatic hydroxyl groups is 1. The quantitative estimate of drug-likeness (QED) is 0.790. The van der Waals surface area contributed by atoms with Gasteiger partial charge in [-0.25, -0.2) is 0 Å². The molecule has 0 heterocycles. The monoisotopic (exact) mass is 220 g/mol. The first-order valence-electron chi connectivity index (χ1n) is 5.32. The van der Waals surface area contributed by atoms with Crippen molar-refractivity contribution in [3.8, 4) is 0 Å². The highest BCUT2D eigenvalue weighted by atomic mass is 19.3. The molecular weight excluding hydrogens is 202 g/mol. The summed E-state index contributed by atoms with van der Waals surface area (Å²) < 4.78 is 27.5. The normalized spacial score (nSPS) is 20.9. The zero-order valence-electron chi connectivity index (χ0n) is 9.44. The molecule has 4 heteroatoms. The fourth-order valence-corrected chi connectivity index (χ4v) is 1.62. The predicted molar refractivity (Wildman–Crippen MR) is 52.8 cm³/mol. The van der Waals surface area contributed by atoms with Gasteiger partial charge in [0.1, 0.15) is 5.60 Å². The first-order valence-corrected chi connectivity index (χ1v) is 5.32. The third-order valence-corrected chi connectivity index (χ3v) is 3.55. The Bertz CT molecular complexity index is 268. The largest absolute Gasteiger partial charge is 0.383 e. The smallest absolute Gasteiger partial charge is 0.333 e. The summed E-state index contributed by atoms with van der Waals surface area (Å²) in [7, 11) is 0. The number of halogens is 2. The molecule has 2 nitrogen and oxygen atoms in total. The van der Waals surface area contributed by atoms with E-state index in [1.807, 2.05) is 0 Å². The molecule has 0 bridgehead atoms. The summed E-state index contributed by atoms with van der Waals surface area (Å²) in [6, 6.07) is 0. The second-order valence-corrected chi connectivity index (χ2v) is 5.03. The van der Waals surface area contributed by atoms with E-state index in [1.165, 1.54) is 13.8 Å². The van der Waals surface area contributed by atoms with E-state index in [9.17, 15) is 18.7 Å². The molecule has 0 atom stereocenters. The molecule has 0 amide bonds. The molecule has 1 N–H and O–H groups in total. The SMILES string of the molecule is CCC(C)(C)C(=O)C(F)(F)C1(O)CCC1. The van der Waals surface area contributed by atoms with E-state index in [1.54, 1.807) is 6.92 Å². The van der Waals surface area contributed by atoms with Crippen LogP contribution in [0.2, 0.25) is 0 Å². The number of ketones is 1. The van der Waals surface area contributed by atoms with Crippen molar-refractivity contribution in [2.24, 2.45) is 5.41 Å². The number of carbonyl (C=O) groups is 1. The van der Waals surface area contributed by atoms with Gasteiger partial charge in [-0.1, -0.05) is 20.8 Å². The molecular formula is C11H18F2O2. The van der Waals surface area contributed by atoms with Crippen LogP contribution >= 0.6 is 0 Å². The average molecular weight is 220 g/mol. The molecule has 0 spiro atoms. The molecule has 15 heavy (non-hydrogen) atoms. The van der Waals surface area contributed by atoms with Crippen LogP contribution in [-0.4, -0.2) is 22.4 Å². The van der Waals surface area contributed by atoms with Crippen LogP contribution in [-0.2, 0) is 4.79 Å². The van der Waals surface area contributed by atoms with Crippen molar-refractivity contribution in [3.63, 3.8) is 0 Å². The molecule has 1 aliphatic carbocycles. The first kappa shape index (κ1) is 12.6. The van der Waals surface area contributed by atoms with Crippen molar-refractivity contribution in [3.05, 3.63) is 0 Å². The zero-order chi connectivity index (χ0) is 11.9. The summed E-state index contributed by atoms with van der Waals surface area (Å²) in [5, 5.41) is 9.60. The molecule has 1 saturated carbocycles. The molecule has 1 fully saturated rings. The van der Waals surface area contributed by atoms with Gasteiger partial charge in [0.15, 0.2) is 0 Å². The lowest BCUT2D eigenvalue weighted by Gasteiger charge is -2.43. The summed E-state index contributed by atoms with van der Waals surface area (Å²) in [5.41, 5.74) is -3.16. The Morgan fingerprint density at radius 2 is 1.87 bits per heavy atom. The van der Waals surface area contributed by atoms with Crippen molar-refractivity contribution in [1.82, 2.24) is 0 Å². The molecule has 88 valence electrons. The summed E-state index contributed by atoms with van der Waals surface area (Å²) >= 11 is 0. The third-order valence-electron chi connectivity index (χ3n) is 3.55. The molecule has 1 rings (SSSR count). The van der Waals surface area contributed by atoms with Crippen LogP contribution in [0.5, 0.6) is 0 Å². The lowest BCUT2D eigenvalue weighted by molar-refractivity contribution is -0.220. The van der Waals surface area contributed by atoms with E-state index in [0.29, 0.717) is 12.8 Å². The van der Waals surface area contributed by atoms with E-state index in [-0.39, 0.29) is 12.8 Å². The number of Topliss-reactive ketones (excluding diaryl/α,β-unsaturated/α-hetero) is 1. The lowest BCUT2D eigenvalue weighted by atomic mass is 9.69. The lowest BCUT2D eigenvalue weighted by Crippen LogP contribution is -2.60. The second-order valence-electron chi connectivity index (χ2n) is 5.03. The maximum absolute atomic E-state index is 13.7. The number of rotatable bonds is 4. The summed E-state index contributed by atoms with van der Waals surface area (Å²) in [5.74, 6) is -4.75. The van der Waals surface area contributed by atoms with Gasteiger partial charge in [-0.05, 0) is 25.7 Å². The van der Waals surface area contributed by atoms with Crippen LogP contribution < -0.4 is 0 Å². The number of hydrogen-bond donors (Lipinski definition) is 1. The highest BCUT2D eigenvalue weighted by Gasteiger charge is 2.63. The van der Waals surface area contributed by atoms with Crippen LogP contribution in [0.3, 0.4) is 0 Å². The number of hydrogen-bond acceptors (Lipinski definition) is 2. The Morgan fingerprint density at radius 3 is 2.13 bits per heavy atom. The van der Waals surface area contributed by atoms with E-state index < -0.39 is 22.7 Å². The molecule has 0 aromatic rings. The van der Waals surface area contributed by atoms with Gasteiger partial charge in [0.25, 0.3) is 0 Å². The van der Waals surface area contributed by atoms with E-state index in [4.69, 9.17) is 0 Å². The Balaban J connectivity index is 2.91. The highest BCUT2D eigenvalue weighted by Crippen LogP contribution is 2.47. The van der Waals surface area contributed by atoms with Gasteiger partial charge in [-0.3, -0.25) is 4.79 Å². The van der Waals surface area contributed by atoms with Crippen LogP contribution in [0.25, 0.3) is 0 Å². The fraction of sp³-hybridized carbons (Fsp3) is 0.909. The van der Waals surface area contributed by atoms with Crippen LogP contribution in [0, 0.1) is 5.41 Å². The topological polar surface area (TPSA) is 37.3 Å². The maximum Gasteiger partial charge on any atom is 0.333 e. The summed E-state index contributed by atoms with van der Waals surface area (Å²) in [6.07, 6.45) is 0.945. The van der Waals surface area contributed by atoms with Gasteiger partial charge in [0, 0.05) is 5.41 Å². The zero-order valence-corrected chi connectivity index (χ0v) is 9.44. The number of alkyl halides is 2. The van der Waals surface area contributed by atoms with Gasteiger partial charge in [0.2, 0.25) is 5.78 Å². The molecule has 1 aliphatic rings. The van der Waals surface area contributed by atoms with Crippen molar-refractivity contribution >= 4 is 5.78 Å². The Labute approximate surface area is 88.7 Å². The van der Waals surface area contributed by atoms with Gasteiger partial charge >= 0.3 is 5.92 Å². The minimum atomic E-state index is -3.61. The molecule has 0 aromatic heterocycles. The van der Waals surface area contributed by atoms with Crippen LogP contribution in [0.4, 0.5) is 8.78 Å². The van der Waals surface area contributed by atoms with Crippen molar-refractivity contribution in [2.45, 2.75) is 58.0 Å². The molecule has 0 aromatic carbocycles. The molecule has 0 radical (unpaired) electrons. The minimum absolute atomic E-state index is 0.0194. The summed E-state index contributed by atoms with van der Waals surface area (Å²) in [6.45, 7) is 4.68. The predicted octanol–water partition coefficient (Wildman–Crippen LogP) is 2.54. The van der Waals surface area contributed by atoms with Crippen molar-refractivity contribution in [1.29, 1.82) is 0 Å². The van der Waals surface area contributed by atoms with Gasteiger partial charge in [-0.2, -0.15) is 8.78 Å².